The summed E-state index contributed by atoms with van der Waals surface area (Å²) in [6, 6.07) is 11.5. The number of hydrogen-bond acceptors (Lipinski definition) is 2. The minimum Gasteiger partial charge on any atom is -0.455 e. The summed E-state index contributed by atoms with van der Waals surface area (Å²) in [4.78, 5) is 0. The second-order valence-electron chi connectivity index (χ2n) is 3.79. The van der Waals surface area contributed by atoms with Gasteiger partial charge in [0.1, 0.15) is 23.4 Å². The number of nitrogens with zero attached hydrogens (tertiary/aromatic N) is 1. The number of hydrogen-bond donors (Lipinski definition) is 0. The van der Waals surface area contributed by atoms with E-state index in [2.05, 4.69) is 22.0 Å². The highest BCUT2D eigenvalue weighted by Gasteiger charge is 2.08. The number of aryl methyl sites for hydroxylation is 1. The van der Waals surface area contributed by atoms with E-state index < -0.39 is 0 Å². The van der Waals surface area contributed by atoms with Gasteiger partial charge in [0.25, 0.3) is 0 Å². The average Bonchev–Trinajstić information content (AvgIpc) is 2.33. The lowest BCUT2D eigenvalue weighted by molar-refractivity contribution is 0.475. The zero-order chi connectivity index (χ0) is 13.1. The highest BCUT2D eigenvalue weighted by molar-refractivity contribution is 9.10. The Morgan fingerprint density at radius 3 is 2.61 bits per heavy atom. The SMILES string of the molecule is Cc1ccc(C#N)c(Oc2ccc(F)cc2Br)c1. The van der Waals surface area contributed by atoms with E-state index in [0.717, 1.165) is 5.56 Å². The molecule has 18 heavy (non-hydrogen) atoms. The van der Waals surface area contributed by atoms with Crippen molar-refractivity contribution in [2.24, 2.45) is 0 Å². The van der Waals surface area contributed by atoms with Gasteiger partial charge in [-0.2, -0.15) is 5.26 Å². The molecule has 0 aromatic heterocycles. The standard InChI is InChI=1S/C14H9BrFNO/c1-9-2-3-10(8-17)14(6-9)18-13-5-4-11(16)7-12(13)15/h2-7H,1H3. The van der Waals surface area contributed by atoms with E-state index in [-0.39, 0.29) is 5.82 Å². The Morgan fingerprint density at radius 2 is 1.94 bits per heavy atom. The van der Waals surface area contributed by atoms with E-state index in [1.807, 2.05) is 13.0 Å². The molecule has 0 aliphatic carbocycles. The van der Waals surface area contributed by atoms with Crippen LogP contribution in [-0.4, -0.2) is 0 Å². The van der Waals surface area contributed by atoms with Crippen molar-refractivity contribution in [2.45, 2.75) is 6.92 Å². The minimum absolute atomic E-state index is 0.348. The molecule has 2 rings (SSSR count). The molecule has 2 aromatic carbocycles. The summed E-state index contributed by atoms with van der Waals surface area (Å²) >= 11 is 3.22. The van der Waals surface area contributed by atoms with E-state index in [0.29, 0.717) is 21.5 Å². The molecule has 2 nitrogen and oxygen atoms in total. The lowest BCUT2D eigenvalue weighted by Gasteiger charge is -2.09. The quantitative estimate of drug-likeness (QED) is 0.815. The highest BCUT2D eigenvalue weighted by atomic mass is 79.9. The van der Waals surface area contributed by atoms with Crippen molar-refractivity contribution in [2.75, 3.05) is 0 Å². The fourth-order valence-corrected chi connectivity index (χ4v) is 1.91. The molecular formula is C14H9BrFNO. The molecule has 0 fully saturated rings. The van der Waals surface area contributed by atoms with Crippen LogP contribution in [0.25, 0.3) is 0 Å². The summed E-state index contributed by atoms with van der Waals surface area (Å²) in [7, 11) is 0. The van der Waals surface area contributed by atoms with E-state index in [9.17, 15) is 4.39 Å². The second kappa shape index (κ2) is 5.19. The fourth-order valence-electron chi connectivity index (χ4n) is 1.48. The van der Waals surface area contributed by atoms with Crippen LogP contribution in [-0.2, 0) is 0 Å². The predicted molar refractivity (Wildman–Crippen MR) is 70.1 cm³/mol. The molecule has 0 spiro atoms. The third-order valence-corrected chi connectivity index (χ3v) is 2.99. The molecule has 0 N–H and O–H groups in total. The van der Waals surface area contributed by atoms with Gasteiger partial charge >= 0.3 is 0 Å². The Labute approximate surface area is 113 Å². The largest absolute Gasteiger partial charge is 0.455 e. The van der Waals surface area contributed by atoms with Crippen LogP contribution in [0.5, 0.6) is 11.5 Å². The molecule has 0 unspecified atom stereocenters. The molecule has 0 amide bonds. The van der Waals surface area contributed by atoms with Crippen molar-refractivity contribution >= 4 is 15.9 Å². The zero-order valence-electron chi connectivity index (χ0n) is 9.58. The minimum atomic E-state index is -0.348. The Balaban J connectivity index is 2.40. The maximum absolute atomic E-state index is 13.0. The van der Waals surface area contributed by atoms with Crippen LogP contribution in [0.2, 0.25) is 0 Å². The maximum Gasteiger partial charge on any atom is 0.145 e. The Bertz CT molecular complexity index is 634. The van der Waals surface area contributed by atoms with Crippen molar-refractivity contribution in [3.8, 4) is 17.6 Å². The first-order valence-electron chi connectivity index (χ1n) is 5.24. The number of halogens is 2. The van der Waals surface area contributed by atoms with Crippen LogP contribution in [0.1, 0.15) is 11.1 Å². The first-order chi connectivity index (χ1) is 8.60. The second-order valence-corrected chi connectivity index (χ2v) is 4.64. The normalized spacial score (nSPS) is 9.89. The Kier molecular flexibility index (Phi) is 3.63. The zero-order valence-corrected chi connectivity index (χ0v) is 11.2. The molecular weight excluding hydrogens is 297 g/mol. The number of ether oxygens (including phenoxy) is 1. The molecule has 0 aliphatic rings. The van der Waals surface area contributed by atoms with E-state index in [4.69, 9.17) is 10.00 Å². The first kappa shape index (κ1) is 12.6. The molecule has 0 saturated carbocycles. The van der Waals surface area contributed by atoms with Gasteiger partial charge in [0.2, 0.25) is 0 Å². The molecule has 90 valence electrons. The summed E-state index contributed by atoms with van der Waals surface area (Å²) in [6.45, 7) is 1.91. The van der Waals surface area contributed by atoms with Gasteiger partial charge in [-0.15, -0.1) is 0 Å². The van der Waals surface area contributed by atoms with Crippen molar-refractivity contribution in [1.29, 1.82) is 5.26 Å². The lowest BCUT2D eigenvalue weighted by atomic mass is 10.1. The smallest absolute Gasteiger partial charge is 0.145 e. The summed E-state index contributed by atoms with van der Waals surface area (Å²) < 4.78 is 19.1. The van der Waals surface area contributed by atoms with Gasteiger partial charge in [0, 0.05) is 0 Å². The van der Waals surface area contributed by atoms with Crippen LogP contribution in [0.4, 0.5) is 4.39 Å². The Morgan fingerprint density at radius 1 is 1.17 bits per heavy atom. The van der Waals surface area contributed by atoms with Gasteiger partial charge in [0.15, 0.2) is 0 Å². The van der Waals surface area contributed by atoms with Crippen molar-refractivity contribution in [1.82, 2.24) is 0 Å². The van der Waals surface area contributed by atoms with E-state index in [1.54, 1.807) is 12.1 Å². The molecule has 0 aliphatic heterocycles. The average molecular weight is 306 g/mol. The topological polar surface area (TPSA) is 33.0 Å². The summed E-state index contributed by atoms with van der Waals surface area (Å²) in [5.41, 5.74) is 1.43. The summed E-state index contributed by atoms with van der Waals surface area (Å²) in [5.74, 6) is 0.585. The molecule has 2 aromatic rings. The third kappa shape index (κ3) is 2.69. The van der Waals surface area contributed by atoms with Crippen molar-refractivity contribution < 1.29 is 9.13 Å². The monoisotopic (exact) mass is 305 g/mol. The molecule has 4 heteroatoms. The molecule has 0 saturated heterocycles. The van der Waals surface area contributed by atoms with Gasteiger partial charge in [-0.3, -0.25) is 0 Å². The summed E-state index contributed by atoms with van der Waals surface area (Å²) in [5, 5.41) is 9.00. The van der Waals surface area contributed by atoms with Crippen LogP contribution < -0.4 is 4.74 Å². The Hall–Kier alpha value is -1.86. The van der Waals surface area contributed by atoms with Crippen molar-refractivity contribution in [3.05, 3.63) is 57.8 Å². The number of rotatable bonds is 2. The van der Waals surface area contributed by atoms with Crippen LogP contribution in [0, 0.1) is 24.1 Å². The van der Waals surface area contributed by atoms with Crippen LogP contribution in [0.3, 0.4) is 0 Å². The van der Waals surface area contributed by atoms with Gasteiger partial charge in [0.05, 0.1) is 10.0 Å². The number of nitriles is 1. The fraction of sp³-hybridized carbons (Fsp3) is 0.0714. The number of benzene rings is 2. The predicted octanol–water partition coefficient (Wildman–Crippen LogP) is 4.56. The third-order valence-electron chi connectivity index (χ3n) is 2.37. The first-order valence-corrected chi connectivity index (χ1v) is 6.03. The van der Waals surface area contributed by atoms with Gasteiger partial charge < -0.3 is 4.74 Å². The van der Waals surface area contributed by atoms with Gasteiger partial charge in [-0.05, 0) is 58.7 Å². The lowest BCUT2D eigenvalue weighted by Crippen LogP contribution is -1.90. The van der Waals surface area contributed by atoms with E-state index in [1.165, 1.54) is 18.2 Å². The molecule has 0 bridgehead atoms. The van der Waals surface area contributed by atoms with E-state index >= 15 is 0 Å². The van der Waals surface area contributed by atoms with Gasteiger partial charge in [-0.1, -0.05) is 6.07 Å². The molecule has 0 atom stereocenters. The molecule has 0 radical (unpaired) electrons. The van der Waals surface area contributed by atoms with Gasteiger partial charge in [-0.25, -0.2) is 4.39 Å². The highest BCUT2D eigenvalue weighted by Crippen LogP contribution is 2.32. The van der Waals surface area contributed by atoms with Crippen LogP contribution >= 0.6 is 15.9 Å². The molecule has 0 heterocycles. The van der Waals surface area contributed by atoms with Crippen molar-refractivity contribution in [3.63, 3.8) is 0 Å². The summed E-state index contributed by atoms with van der Waals surface area (Å²) in [6.07, 6.45) is 0. The van der Waals surface area contributed by atoms with Crippen LogP contribution in [0.15, 0.2) is 40.9 Å². The maximum atomic E-state index is 13.0.